The van der Waals surface area contributed by atoms with Crippen molar-refractivity contribution in [2.75, 3.05) is 9.80 Å². The van der Waals surface area contributed by atoms with Crippen LogP contribution < -0.4 is 9.80 Å². The van der Waals surface area contributed by atoms with Gasteiger partial charge < -0.3 is 0 Å². The van der Waals surface area contributed by atoms with E-state index in [1.54, 1.807) is 48.5 Å². The SMILES string of the molecule is O=C1CC(=O)N(c2ccccc2Br)C(=O)N1c1ccccc1Br. The topological polar surface area (TPSA) is 57.7 Å². The van der Waals surface area contributed by atoms with Gasteiger partial charge in [-0.05, 0) is 56.1 Å². The van der Waals surface area contributed by atoms with E-state index in [9.17, 15) is 14.4 Å². The average molecular weight is 438 g/mol. The highest BCUT2D eigenvalue weighted by atomic mass is 79.9. The summed E-state index contributed by atoms with van der Waals surface area (Å²) < 4.78 is 1.20. The van der Waals surface area contributed by atoms with E-state index in [2.05, 4.69) is 31.9 Å². The molecule has 0 saturated carbocycles. The fourth-order valence-electron chi connectivity index (χ4n) is 2.34. The summed E-state index contributed by atoms with van der Waals surface area (Å²) in [4.78, 5) is 39.4. The summed E-state index contributed by atoms with van der Waals surface area (Å²) in [6.45, 7) is 0. The van der Waals surface area contributed by atoms with Crippen molar-refractivity contribution < 1.29 is 14.4 Å². The number of anilines is 2. The van der Waals surface area contributed by atoms with Crippen molar-refractivity contribution >= 4 is 61.1 Å². The molecule has 1 fully saturated rings. The molecule has 1 heterocycles. The Morgan fingerprint density at radius 2 is 1.09 bits per heavy atom. The van der Waals surface area contributed by atoms with Gasteiger partial charge >= 0.3 is 6.03 Å². The third-order valence-corrected chi connectivity index (χ3v) is 4.71. The van der Waals surface area contributed by atoms with Gasteiger partial charge in [0.05, 0.1) is 11.4 Å². The van der Waals surface area contributed by atoms with Crippen LogP contribution >= 0.6 is 31.9 Å². The summed E-state index contributed by atoms with van der Waals surface area (Å²) >= 11 is 6.67. The number of para-hydroxylation sites is 2. The zero-order chi connectivity index (χ0) is 16.6. The molecule has 1 aliphatic heterocycles. The van der Waals surface area contributed by atoms with Crippen LogP contribution in [0.3, 0.4) is 0 Å². The summed E-state index contributed by atoms with van der Waals surface area (Å²) in [5.41, 5.74) is 0.819. The number of urea groups is 1. The second-order valence-electron chi connectivity index (χ2n) is 4.82. The van der Waals surface area contributed by atoms with E-state index in [1.807, 2.05) is 0 Å². The number of hydrogen-bond donors (Lipinski definition) is 0. The zero-order valence-corrected chi connectivity index (χ0v) is 14.9. The molecule has 7 heteroatoms. The van der Waals surface area contributed by atoms with Crippen molar-refractivity contribution in [1.82, 2.24) is 0 Å². The number of rotatable bonds is 2. The lowest BCUT2D eigenvalue weighted by Crippen LogP contribution is -2.55. The Bertz CT molecular complexity index is 757. The molecule has 2 aromatic rings. The highest BCUT2D eigenvalue weighted by molar-refractivity contribution is 9.11. The van der Waals surface area contributed by atoms with Crippen LogP contribution in [-0.2, 0) is 9.59 Å². The lowest BCUT2D eigenvalue weighted by atomic mass is 10.2. The molecule has 116 valence electrons. The van der Waals surface area contributed by atoms with Gasteiger partial charge in [-0.2, -0.15) is 0 Å². The Kier molecular flexibility index (Phi) is 4.32. The monoisotopic (exact) mass is 436 g/mol. The first-order chi connectivity index (χ1) is 11.0. The number of hydrogen-bond acceptors (Lipinski definition) is 3. The second-order valence-corrected chi connectivity index (χ2v) is 6.53. The number of imide groups is 2. The molecular formula is C16H10Br2N2O3. The van der Waals surface area contributed by atoms with Gasteiger partial charge in [-0.1, -0.05) is 24.3 Å². The molecule has 4 amide bonds. The quantitative estimate of drug-likeness (QED) is 0.664. The largest absolute Gasteiger partial charge is 0.342 e. The fraction of sp³-hybridized carbons (Fsp3) is 0.0625. The first kappa shape index (κ1) is 15.9. The van der Waals surface area contributed by atoms with Crippen molar-refractivity contribution in [3.05, 3.63) is 57.5 Å². The van der Waals surface area contributed by atoms with Crippen molar-refractivity contribution in [3.63, 3.8) is 0 Å². The molecular weight excluding hydrogens is 428 g/mol. The third kappa shape index (κ3) is 2.82. The number of barbiturate groups is 1. The van der Waals surface area contributed by atoms with E-state index in [0.717, 1.165) is 9.80 Å². The molecule has 0 unspecified atom stereocenters. The molecule has 1 saturated heterocycles. The van der Waals surface area contributed by atoms with Gasteiger partial charge in [-0.15, -0.1) is 0 Å². The Morgan fingerprint density at radius 1 is 0.696 bits per heavy atom. The minimum absolute atomic E-state index is 0.367. The predicted molar refractivity (Wildman–Crippen MR) is 93.3 cm³/mol. The number of carbonyl (C=O) groups excluding carboxylic acids is 3. The van der Waals surface area contributed by atoms with Crippen LogP contribution in [0.2, 0.25) is 0 Å². The lowest BCUT2D eigenvalue weighted by molar-refractivity contribution is -0.126. The van der Waals surface area contributed by atoms with Gasteiger partial charge in [0.1, 0.15) is 6.42 Å². The van der Waals surface area contributed by atoms with E-state index in [-0.39, 0.29) is 6.42 Å². The van der Waals surface area contributed by atoms with Crippen LogP contribution in [-0.4, -0.2) is 17.8 Å². The molecule has 5 nitrogen and oxygen atoms in total. The molecule has 0 aromatic heterocycles. The Morgan fingerprint density at radius 3 is 1.48 bits per heavy atom. The molecule has 23 heavy (non-hydrogen) atoms. The van der Waals surface area contributed by atoms with Gasteiger partial charge in [-0.3, -0.25) is 9.59 Å². The van der Waals surface area contributed by atoms with Crippen LogP contribution in [0.4, 0.5) is 16.2 Å². The Labute approximate surface area is 149 Å². The maximum Gasteiger partial charge on any atom is 0.342 e. The van der Waals surface area contributed by atoms with Gasteiger partial charge in [-0.25, -0.2) is 14.6 Å². The van der Waals surface area contributed by atoms with Crippen LogP contribution in [0.25, 0.3) is 0 Å². The van der Waals surface area contributed by atoms with Crippen molar-refractivity contribution in [1.29, 1.82) is 0 Å². The Balaban J connectivity index is 2.09. The summed E-state index contributed by atoms with van der Waals surface area (Å²) in [5.74, 6) is -1.09. The lowest BCUT2D eigenvalue weighted by Gasteiger charge is -2.33. The van der Waals surface area contributed by atoms with E-state index in [4.69, 9.17) is 0 Å². The minimum Gasteiger partial charge on any atom is -0.273 e. The van der Waals surface area contributed by atoms with E-state index < -0.39 is 17.8 Å². The highest BCUT2D eigenvalue weighted by Gasteiger charge is 2.40. The molecule has 0 aliphatic carbocycles. The average Bonchev–Trinajstić information content (AvgIpc) is 2.50. The standard InChI is InChI=1S/C16H10Br2N2O3/c17-10-5-1-3-7-12(10)19-14(21)9-15(22)20(16(19)23)13-8-4-2-6-11(13)18/h1-8H,9H2. The first-order valence-corrected chi connectivity index (χ1v) is 8.28. The molecule has 0 radical (unpaired) electrons. The van der Waals surface area contributed by atoms with E-state index in [0.29, 0.717) is 20.3 Å². The predicted octanol–water partition coefficient (Wildman–Crippen LogP) is 4.10. The molecule has 0 N–H and O–H groups in total. The molecule has 0 spiro atoms. The summed E-state index contributed by atoms with van der Waals surface area (Å²) in [6.07, 6.45) is -0.367. The van der Waals surface area contributed by atoms with Gasteiger partial charge in [0.2, 0.25) is 11.8 Å². The molecule has 1 aliphatic rings. The number of halogens is 2. The Hall–Kier alpha value is -1.99. The van der Waals surface area contributed by atoms with Crippen LogP contribution in [0.1, 0.15) is 6.42 Å². The number of nitrogens with zero attached hydrogens (tertiary/aromatic N) is 2. The van der Waals surface area contributed by atoms with Gasteiger partial charge in [0.15, 0.2) is 0 Å². The van der Waals surface area contributed by atoms with Crippen molar-refractivity contribution in [3.8, 4) is 0 Å². The second kappa shape index (κ2) is 6.25. The van der Waals surface area contributed by atoms with Crippen molar-refractivity contribution in [2.45, 2.75) is 6.42 Å². The van der Waals surface area contributed by atoms with E-state index >= 15 is 0 Å². The summed E-state index contributed by atoms with van der Waals surface area (Å²) in [6, 6.07) is 13.1. The van der Waals surface area contributed by atoms with Crippen LogP contribution in [0.15, 0.2) is 57.5 Å². The third-order valence-electron chi connectivity index (χ3n) is 3.37. The number of carbonyl (C=O) groups is 3. The van der Waals surface area contributed by atoms with Gasteiger partial charge in [0.25, 0.3) is 0 Å². The smallest absolute Gasteiger partial charge is 0.273 e. The molecule has 0 bridgehead atoms. The molecule has 2 aromatic carbocycles. The maximum absolute atomic E-state index is 12.8. The van der Waals surface area contributed by atoms with Gasteiger partial charge in [0, 0.05) is 8.95 Å². The minimum atomic E-state index is -0.690. The summed E-state index contributed by atoms with van der Waals surface area (Å²) in [5, 5.41) is 0. The summed E-state index contributed by atoms with van der Waals surface area (Å²) in [7, 11) is 0. The van der Waals surface area contributed by atoms with Crippen molar-refractivity contribution in [2.24, 2.45) is 0 Å². The first-order valence-electron chi connectivity index (χ1n) is 6.69. The van der Waals surface area contributed by atoms with Crippen LogP contribution in [0.5, 0.6) is 0 Å². The number of amides is 4. The van der Waals surface area contributed by atoms with E-state index in [1.165, 1.54) is 0 Å². The molecule has 0 atom stereocenters. The van der Waals surface area contributed by atoms with Crippen LogP contribution in [0, 0.1) is 0 Å². The maximum atomic E-state index is 12.8. The normalized spacial score (nSPS) is 15.3. The zero-order valence-electron chi connectivity index (χ0n) is 11.7. The highest BCUT2D eigenvalue weighted by Crippen LogP contribution is 2.33. The number of benzene rings is 2. The fourth-order valence-corrected chi connectivity index (χ4v) is 3.27. The molecule has 3 rings (SSSR count).